The Hall–Kier alpha value is -0.120. The summed E-state index contributed by atoms with van der Waals surface area (Å²) in [6.45, 7) is 10.1. The number of hydrogen-bond acceptors (Lipinski definition) is 3. The number of nitrogens with one attached hydrogen (secondary N) is 1. The topological polar surface area (TPSA) is 24.5 Å². The SMILES string of the molecule is COCCNCCCN(CC(C)C)C1CCCC1. The van der Waals surface area contributed by atoms with Gasteiger partial charge in [-0.3, -0.25) is 0 Å². The van der Waals surface area contributed by atoms with Gasteiger partial charge in [-0.05, 0) is 38.3 Å². The highest BCUT2D eigenvalue weighted by atomic mass is 16.5. The van der Waals surface area contributed by atoms with E-state index in [1.165, 1.54) is 45.2 Å². The van der Waals surface area contributed by atoms with E-state index in [1.54, 1.807) is 7.11 Å². The van der Waals surface area contributed by atoms with E-state index in [0.29, 0.717) is 0 Å². The molecule has 0 heterocycles. The van der Waals surface area contributed by atoms with Gasteiger partial charge in [0.1, 0.15) is 0 Å². The van der Waals surface area contributed by atoms with Crippen LogP contribution in [0.2, 0.25) is 0 Å². The molecule has 0 bridgehead atoms. The van der Waals surface area contributed by atoms with Crippen LogP contribution in [0.15, 0.2) is 0 Å². The molecule has 18 heavy (non-hydrogen) atoms. The Morgan fingerprint density at radius 1 is 1.22 bits per heavy atom. The van der Waals surface area contributed by atoms with Crippen molar-refractivity contribution in [3.8, 4) is 0 Å². The standard InChI is InChI=1S/C15H32N2O/c1-14(2)13-17(15-7-4-5-8-15)11-6-9-16-10-12-18-3/h14-16H,4-13H2,1-3H3. The third kappa shape index (κ3) is 6.72. The lowest BCUT2D eigenvalue weighted by Crippen LogP contribution is -2.38. The van der Waals surface area contributed by atoms with E-state index in [-0.39, 0.29) is 0 Å². The predicted octanol–water partition coefficient (Wildman–Crippen LogP) is 2.51. The van der Waals surface area contributed by atoms with E-state index < -0.39 is 0 Å². The van der Waals surface area contributed by atoms with Crippen LogP contribution in [-0.4, -0.2) is 50.8 Å². The van der Waals surface area contributed by atoms with Crippen molar-refractivity contribution < 1.29 is 4.74 Å². The molecule has 0 spiro atoms. The lowest BCUT2D eigenvalue weighted by molar-refractivity contribution is 0.172. The maximum atomic E-state index is 5.03. The minimum absolute atomic E-state index is 0.784. The Bertz CT molecular complexity index is 191. The average Bonchev–Trinajstić information content (AvgIpc) is 2.85. The summed E-state index contributed by atoms with van der Waals surface area (Å²) < 4.78 is 5.03. The summed E-state index contributed by atoms with van der Waals surface area (Å²) in [5.74, 6) is 0.784. The van der Waals surface area contributed by atoms with Gasteiger partial charge in [0, 0.05) is 26.2 Å². The number of hydrogen-bond donors (Lipinski definition) is 1. The van der Waals surface area contributed by atoms with Crippen LogP contribution < -0.4 is 5.32 Å². The van der Waals surface area contributed by atoms with Gasteiger partial charge >= 0.3 is 0 Å². The van der Waals surface area contributed by atoms with Crippen molar-refractivity contribution in [1.82, 2.24) is 10.2 Å². The number of rotatable bonds is 10. The van der Waals surface area contributed by atoms with Crippen molar-refractivity contribution in [2.24, 2.45) is 5.92 Å². The van der Waals surface area contributed by atoms with E-state index in [0.717, 1.165) is 31.7 Å². The zero-order valence-corrected chi connectivity index (χ0v) is 12.6. The first-order valence-corrected chi connectivity index (χ1v) is 7.67. The Balaban J connectivity index is 2.15. The van der Waals surface area contributed by atoms with E-state index in [1.807, 2.05) is 0 Å². The molecule has 3 heteroatoms. The summed E-state index contributed by atoms with van der Waals surface area (Å²) >= 11 is 0. The highest BCUT2D eigenvalue weighted by Crippen LogP contribution is 2.24. The van der Waals surface area contributed by atoms with E-state index in [9.17, 15) is 0 Å². The molecule has 1 aliphatic carbocycles. The molecule has 0 amide bonds. The van der Waals surface area contributed by atoms with Gasteiger partial charge in [0.2, 0.25) is 0 Å². The first kappa shape index (κ1) is 15.9. The van der Waals surface area contributed by atoms with Crippen LogP contribution in [0.5, 0.6) is 0 Å². The molecule has 1 saturated carbocycles. The van der Waals surface area contributed by atoms with E-state index in [4.69, 9.17) is 4.74 Å². The van der Waals surface area contributed by atoms with Crippen LogP contribution in [0, 0.1) is 5.92 Å². The molecule has 0 atom stereocenters. The average molecular weight is 256 g/mol. The van der Waals surface area contributed by atoms with Gasteiger partial charge in [0.15, 0.2) is 0 Å². The van der Waals surface area contributed by atoms with Gasteiger partial charge in [-0.2, -0.15) is 0 Å². The normalized spacial score (nSPS) is 17.2. The number of nitrogens with zero attached hydrogens (tertiary/aromatic N) is 1. The van der Waals surface area contributed by atoms with Crippen LogP contribution in [-0.2, 0) is 4.74 Å². The third-order valence-electron chi connectivity index (χ3n) is 3.72. The molecule has 1 N–H and O–H groups in total. The zero-order valence-electron chi connectivity index (χ0n) is 12.6. The maximum absolute atomic E-state index is 5.03. The molecule has 1 rings (SSSR count). The Labute approximate surface area is 113 Å². The van der Waals surface area contributed by atoms with Crippen LogP contribution >= 0.6 is 0 Å². The molecule has 0 aromatic heterocycles. The van der Waals surface area contributed by atoms with Crippen LogP contribution in [0.3, 0.4) is 0 Å². The van der Waals surface area contributed by atoms with Crippen molar-refractivity contribution in [2.75, 3.05) is 39.9 Å². The van der Waals surface area contributed by atoms with Crippen molar-refractivity contribution in [3.05, 3.63) is 0 Å². The highest BCUT2D eigenvalue weighted by Gasteiger charge is 2.22. The molecular formula is C15H32N2O. The molecule has 0 aliphatic heterocycles. The van der Waals surface area contributed by atoms with Crippen molar-refractivity contribution in [2.45, 2.75) is 52.0 Å². The molecule has 3 nitrogen and oxygen atoms in total. The second kappa shape index (κ2) is 9.76. The molecule has 0 unspecified atom stereocenters. The third-order valence-corrected chi connectivity index (χ3v) is 3.72. The summed E-state index contributed by atoms with van der Waals surface area (Å²) in [6.07, 6.45) is 6.97. The summed E-state index contributed by atoms with van der Waals surface area (Å²) in [7, 11) is 1.76. The number of methoxy groups -OCH3 is 1. The zero-order chi connectivity index (χ0) is 13.2. The van der Waals surface area contributed by atoms with Crippen molar-refractivity contribution in [1.29, 1.82) is 0 Å². The second-order valence-corrected chi connectivity index (χ2v) is 5.92. The van der Waals surface area contributed by atoms with Gasteiger partial charge in [0.05, 0.1) is 6.61 Å². The van der Waals surface area contributed by atoms with Crippen LogP contribution in [0.1, 0.15) is 46.0 Å². The monoisotopic (exact) mass is 256 g/mol. The fourth-order valence-electron chi connectivity index (χ4n) is 2.87. The van der Waals surface area contributed by atoms with Gasteiger partial charge in [-0.15, -0.1) is 0 Å². The Kier molecular flexibility index (Phi) is 8.64. The highest BCUT2D eigenvalue weighted by molar-refractivity contribution is 4.78. The van der Waals surface area contributed by atoms with Gasteiger partial charge < -0.3 is 15.0 Å². The molecule has 1 fully saturated rings. The van der Waals surface area contributed by atoms with Crippen molar-refractivity contribution >= 4 is 0 Å². The van der Waals surface area contributed by atoms with Crippen molar-refractivity contribution in [3.63, 3.8) is 0 Å². The predicted molar refractivity (Wildman–Crippen MR) is 78.0 cm³/mol. The van der Waals surface area contributed by atoms with Crippen LogP contribution in [0.4, 0.5) is 0 Å². The largest absolute Gasteiger partial charge is 0.383 e. The lowest BCUT2D eigenvalue weighted by Gasteiger charge is -2.30. The molecule has 108 valence electrons. The minimum atomic E-state index is 0.784. The summed E-state index contributed by atoms with van der Waals surface area (Å²) in [6, 6.07) is 0.867. The molecule has 0 aromatic rings. The van der Waals surface area contributed by atoms with E-state index in [2.05, 4.69) is 24.1 Å². The minimum Gasteiger partial charge on any atom is -0.383 e. The maximum Gasteiger partial charge on any atom is 0.0587 e. The van der Waals surface area contributed by atoms with Crippen LogP contribution in [0.25, 0.3) is 0 Å². The lowest BCUT2D eigenvalue weighted by atomic mass is 10.1. The summed E-state index contributed by atoms with van der Waals surface area (Å²) in [5, 5.41) is 3.43. The smallest absolute Gasteiger partial charge is 0.0587 e. The molecule has 0 aromatic carbocycles. The molecule has 0 saturated heterocycles. The Morgan fingerprint density at radius 2 is 1.94 bits per heavy atom. The van der Waals surface area contributed by atoms with Gasteiger partial charge in [-0.25, -0.2) is 0 Å². The molecule has 1 aliphatic rings. The Morgan fingerprint density at radius 3 is 2.56 bits per heavy atom. The first-order valence-electron chi connectivity index (χ1n) is 7.67. The van der Waals surface area contributed by atoms with Gasteiger partial charge in [-0.1, -0.05) is 26.7 Å². The van der Waals surface area contributed by atoms with E-state index >= 15 is 0 Å². The van der Waals surface area contributed by atoms with Gasteiger partial charge in [0.25, 0.3) is 0 Å². The second-order valence-electron chi connectivity index (χ2n) is 5.92. The first-order chi connectivity index (χ1) is 8.74. The fourth-order valence-corrected chi connectivity index (χ4v) is 2.87. The summed E-state index contributed by atoms with van der Waals surface area (Å²) in [4.78, 5) is 2.73. The molecule has 0 radical (unpaired) electrons. The quantitative estimate of drug-likeness (QED) is 0.608. The summed E-state index contributed by atoms with van der Waals surface area (Å²) in [5.41, 5.74) is 0. The number of ether oxygens (including phenoxy) is 1. The fraction of sp³-hybridized carbons (Fsp3) is 1.00. The molecular weight excluding hydrogens is 224 g/mol.